The summed E-state index contributed by atoms with van der Waals surface area (Å²) in [5, 5.41) is 0. The number of piperidine rings is 1. The van der Waals surface area contributed by atoms with E-state index >= 15 is 0 Å². The summed E-state index contributed by atoms with van der Waals surface area (Å²) in [6.45, 7) is 2.62. The van der Waals surface area contributed by atoms with Crippen molar-refractivity contribution >= 4 is 5.91 Å². The van der Waals surface area contributed by atoms with Gasteiger partial charge in [-0.3, -0.25) is 4.79 Å². The van der Waals surface area contributed by atoms with Gasteiger partial charge in [0.05, 0.1) is 0 Å². The van der Waals surface area contributed by atoms with E-state index in [0.717, 1.165) is 32.5 Å². The highest BCUT2D eigenvalue weighted by molar-refractivity contribution is 5.76. The third-order valence-electron chi connectivity index (χ3n) is 4.77. The van der Waals surface area contributed by atoms with Crippen LogP contribution in [-0.4, -0.2) is 54.5 Å². The molecule has 2 aliphatic rings. The summed E-state index contributed by atoms with van der Waals surface area (Å²) in [5.41, 5.74) is 5.87. The second-order valence-electron chi connectivity index (χ2n) is 6.24. The first kappa shape index (κ1) is 14.8. The van der Waals surface area contributed by atoms with Crippen LogP contribution in [0.5, 0.6) is 0 Å². The van der Waals surface area contributed by atoms with Gasteiger partial charge in [0.25, 0.3) is 0 Å². The lowest BCUT2D eigenvalue weighted by molar-refractivity contribution is -0.132. The van der Waals surface area contributed by atoms with Crippen LogP contribution in [0.3, 0.4) is 0 Å². The quantitative estimate of drug-likeness (QED) is 0.841. The van der Waals surface area contributed by atoms with Crippen molar-refractivity contribution in [2.24, 2.45) is 5.73 Å². The number of hydrogen-bond acceptors (Lipinski definition) is 3. The molecule has 0 aromatic carbocycles. The molecular formula is C15H29N3O. The van der Waals surface area contributed by atoms with Crippen LogP contribution in [0.4, 0.5) is 0 Å². The summed E-state index contributed by atoms with van der Waals surface area (Å²) in [4.78, 5) is 16.5. The maximum atomic E-state index is 12.2. The molecule has 0 bridgehead atoms. The van der Waals surface area contributed by atoms with Crippen molar-refractivity contribution in [3.63, 3.8) is 0 Å². The van der Waals surface area contributed by atoms with Crippen molar-refractivity contribution in [1.29, 1.82) is 0 Å². The fourth-order valence-electron chi connectivity index (χ4n) is 3.28. The molecule has 19 heavy (non-hydrogen) atoms. The van der Waals surface area contributed by atoms with E-state index in [9.17, 15) is 4.79 Å². The number of nitrogens with zero attached hydrogens (tertiary/aromatic N) is 2. The zero-order valence-corrected chi connectivity index (χ0v) is 12.3. The largest absolute Gasteiger partial charge is 0.343 e. The van der Waals surface area contributed by atoms with Gasteiger partial charge in [-0.2, -0.15) is 0 Å². The molecule has 0 unspecified atom stereocenters. The Bertz CT molecular complexity index is 281. The minimum absolute atomic E-state index is 0.300. The highest BCUT2D eigenvalue weighted by atomic mass is 16.2. The van der Waals surface area contributed by atoms with Crippen LogP contribution < -0.4 is 5.73 Å². The molecule has 4 nitrogen and oxygen atoms in total. The number of likely N-dealkylation sites (tertiary alicyclic amines) is 1. The summed E-state index contributed by atoms with van der Waals surface area (Å²) >= 11 is 0. The van der Waals surface area contributed by atoms with Crippen molar-refractivity contribution in [2.45, 2.75) is 63.5 Å². The average Bonchev–Trinajstić information content (AvgIpc) is 2.46. The molecule has 0 atom stereocenters. The number of rotatable bonds is 4. The SMILES string of the molecule is CN(CCC(=O)N1CCC(N)CC1)C1CCCCC1. The van der Waals surface area contributed by atoms with E-state index in [0.29, 0.717) is 24.4 Å². The zero-order valence-electron chi connectivity index (χ0n) is 12.3. The Kier molecular flexibility index (Phi) is 5.64. The van der Waals surface area contributed by atoms with Crippen LogP contribution >= 0.6 is 0 Å². The normalized spacial score (nSPS) is 23.0. The zero-order chi connectivity index (χ0) is 13.7. The fourth-order valence-corrected chi connectivity index (χ4v) is 3.28. The molecular weight excluding hydrogens is 238 g/mol. The van der Waals surface area contributed by atoms with Crippen LogP contribution in [0.15, 0.2) is 0 Å². The first-order chi connectivity index (χ1) is 9.16. The standard InChI is InChI=1S/C15H29N3O/c1-17(14-5-3-2-4-6-14)10-9-15(19)18-11-7-13(16)8-12-18/h13-14H,2-12,16H2,1H3. The Morgan fingerprint density at radius 1 is 1.16 bits per heavy atom. The summed E-state index contributed by atoms with van der Waals surface area (Å²) < 4.78 is 0. The molecule has 4 heteroatoms. The van der Waals surface area contributed by atoms with Gasteiger partial charge in [-0.05, 0) is 32.7 Å². The number of amides is 1. The summed E-state index contributed by atoms with van der Waals surface area (Å²) in [6.07, 6.45) is 9.31. The van der Waals surface area contributed by atoms with E-state index < -0.39 is 0 Å². The molecule has 1 aliphatic heterocycles. The van der Waals surface area contributed by atoms with E-state index in [2.05, 4.69) is 11.9 Å². The number of carbonyl (C=O) groups is 1. The van der Waals surface area contributed by atoms with Gasteiger partial charge in [-0.25, -0.2) is 0 Å². The predicted octanol–water partition coefficient (Wildman–Crippen LogP) is 1.59. The number of hydrogen-bond donors (Lipinski definition) is 1. The van der Waals surface area contributed by atoms with Gasteiger partial charge in [0.1, 0.15) is 0 Å². The van der Waals surface area contributed by atoms with Crippen molar-refractivity contribution in [2.75, 3.05) is 26.7 Å². The van der Waals surface area contributed by atoms with Crippen molar-refractivity contribution in [3.05, 3.63) is 0 Å². The monoisotopic (exact) mass is 267 g/mol. The van der Waals surface area contributed by atoms with Crippen molar-refractivity contribution in [1.82, 2.24) is 9.80 Å². The third kappa shape index (κ3) is 4.46. The molecule has 0 aromatic rings. The highest BCUT2D eigenvalue weighted by Crippen LogP contribution is 2.21. The van der Waals surface area contributed by atoms with Crippen molar-refractivity contribution in [3.8, 4) is 0 Å². The molecule has 2 N–H and O–H groups in total. The maximum absolute atomic E-state index is 12.2. The second-order valence-corrected chi connectivity index (χ2v) is 6.24. The van der Waals surface area contributed by atoms with E-state index in [4.69, 9.17) is 5.73 Å². The molecule has 0 aromatic heterocycles. The van der Waals surface area contributed by atoms with Crippen LogP contribution in [0.1, 0.15) is 51.4 Å². The van der Waals surface area contributed by atoms with E-state index in [1.54, 1.807) is 0 Å². The Labute approximate surface area is 117 Å². The summed E-state index contributed by atoms with van der Waals surface area (Å²) in [7, 11) is 2.18. The third-order valence-corrected chi connectivity index (χ3v) is 4.77. The fraction of sp³-hybridized carbons (Fsp3) is 0.933. The van der Waals surface area contributed by atoms with Gasteiger partial charge < -0.3 is 15.5 Å². The molecule has 0 spiro atoms. The van der Waals surface area contributed by atoms with E-state index in [1.165, 1.54) is 32.1 Å². The maximum Gasteiger partial charge on any atom is 0.223 e. The van der Waals surface area contributed by atoms with Gasteiger partial charge >= 0.3 is 0 Å². The van der Waals surface area contributed by atoms with E-state index in [1.807, 2.05) is 4.90 Å². The smallest absolute Gasteiger partial charge is 0.223 e. The number of carbonyl (C=O) groups excluding carboxylic acids is 1. The molecule has 0 radical (unpaired) electrons. The highest BCUT2D eigenvalue weighted by Gasteiger charge is 2.22. The Hall–Kier alpha value is -0.610. The van der Waals surface area contributed by atoms with Gasteiger partial charge in [0, 0.05) is 38.1 Å². The molecule has 2 rings (SSSR count). The summed E-state index contributed by atoms with van der Waals surface area (Å²) in [5.74, 6) is 0.314. The first-order valence-electron chi connectivity index (χ1n) is 7.90. The second kappa shape index (κ2) is 7.25. The molecule has 1 saturated carbocycles. The first-order valence-corrected chi connectivity index (χ1v) is 7.90. The van der Waals surface area contributed by atoms with Crippen LogP contribution in [-0.2, 0) is 4.79 Å². The molecule has 110 valence electrons. The molecule has 1 heterocycles. The number of nitrogens with two attached hydrogens (primary N) is 1. The van der Waals surface area contributed by atoms with Crippen LogP contribution in [0, 0.1) is 0 Å². The minimum Gasteiger partial charge on any atom is -0.343 e. The predicted molar refractivity (Wildman–Crippen MR) is 77.9 cm³/mol. The average molecular weight is 267 g/mol. The van der Waals surface area contributed by atoms with Gasteiger partial charge in [0.15, 0.2) is 0 Å². The Balaban J connectivity index is 1.67. The lowest BCUT2D eigenvalue weighted by Crippen LogP contribution is -2.44. The van der Waals surface area contributed by atoms with Gasteiger partial charge in [-0.15, -0.1) is 0 Å². The lowest BCUT2D eigenvalue weighted by Gasteiger charge is -2.33. The van der Waals surface area contributed by atoms with E-state index in [-0.39, 0.29) is 0 Å². The minimum atomic E-state index is 0.300. The van der Waals surface area contributed by atoms with Gasteiger partial charge in [0.2, 0.25) is 5.91 Å². The lowest BCUT2D eigenvalue weighted by atomic mass is 9.94. The molecule has 1 aliphatic carbocycles. The van der Waals surface area contributed by atoms with Crippen molar-refractivity contribution < 1.29 is 4.79 Å². The molecule has 2 fully saturated rings. The van der Waals surface area contributed by atoms with Crippen LogP contribution in [0.25, 0.3) is 0 Å². The molecule has 1 amide bonds. The van der Waals surface area contributed by atoms with Gasteiger partial charge in [-0.1, -0.05) is 19.3 Å². The Morgan fingerprint density at radius 3 is 2.42 bits per heavy atom. The Morgan fingerprint density at radius 2 is 1.79 bits per heavy atom. The summed E-state index contributed by atoms with van der Waals surface area (Å²) in [6, 6.07) is 1.00. The van der Waals surface area contributed by atoms with Crippen LogP contribution in [0.2, 0.25) is 0 Å². The molecule has 1 saturated heterocycles. The topological polar surface area (TPSA) is 49.6 Å².